The van der Waals surface area contributed by atoms with Gasteiger partial charge in [-0.25, -0.2) is 0 Å². The lowest BCUT2D eigenvalue weighted by Gasteiger charge is -2.26. The molecule has 0 unspecified atom stereocenters. The van der Waals surface area contributed by atoms with Crippen molar-refractivity contribution in [2.24, 2.45) is 0 Å². The molecule has 0 amide bonds. The average Bonchev–Trinajstić information content (AvgIpc) is 2.76. The van der Waals surface area contributed by atoms with E-state index in [1.807, 2.05) is 13.1 Å². The zero-order valence-electron chi connectivity index (χ0n) is 10.7. The van der Waals surface area contributed by atoms with E-state index < -0.39 is 10.4 Å². The zero-order valence-corrected chi connectivity index (χ0v) is 10.7. The molecule has 2 aliphatic rings. The monoisotopic (exact) mass is 227 g/mol. The summed E-state index contributed by atoms with van der Waals surface area (Å²) in [5, 5.41) is 1.77. The Labute approximate surface area is 114 Å². The summed E-state index contributed by atoms with van der Waals surface area (Å²) in [4.78, 5) is 0. The Hall–Kier alpha value is -0.720. The molecule has 3 rings (SSSR count). The predicted molar refractivity (Wildman–Crippen MR) is 79.0 cm³/mol. The molecule has 18 heavy (non-hydrogen) atoms. The summed E-state index contributed by atoms with van der Waals surface area (Å²) in [6.07, 6.45) is 3.35. The summed E-state index contributed by atoms with van der Waals surface area (Å²) in [5.74, 6) is 0. The molecule has 0 bridgehead atoms. The van der Waals surface area contributed by atoms with E-state index in [2.05, 4.69) is 5.32 Å². The summed E-state index contributed by atoms with van der Waals surface area (Å²) in [5.41, 5.74) is 5.59. The number of hydrogen-bond donors (Lipinski definition) is 1. The van der Waals surface area contributed by atoms with E-state index in [0.29, 0.717) is 0 Å². The Morgan fingerprint density at radius 1 is 0.944 bits per heavy atom. The van der Waals surface area contributed by atoms with Crippen LogP contribution in [0.3, 0.4) is 0 Å². The van der Waals surface area contributed by atoms with Crippen molar-refractivity contribution in [2.45, 2.75) is 36.1 Å². The van der Waals surface area contributed by atoms with Crippen molar-refractivity contribution >= 4 is 37.1 Å². The molecule has 0 aromatic heterocycles. The maximum absolute atomic E-state index is 6.16. The molecule has 0 heterocycles. The third-order valence-corrected chi connectivity index (χ3v) is 4.37. The number of nitrogens with one attached hydrogen (secondary N) is 1. The number of anilines is 1. The molecule has 5 heteroatoms. The van der Waals surface area contributed by atoms with Crippen LogP contribution in [0.2, 0.25) is 0 Å². The Morgan fingerprint density at radius 2 is 1.39 bits per heavy atom. The molecule has 0 aliphatic heterocycles. The van der Waals surface area contributed by atoms with Gasteiger partial charge in [0.1, 0.15) is 0 Å². The van der Waals surface area contributed by atoms with E-state index >= 15 is 0 Å². The minimum atomic E-state index is -0.755. The van der Waals surface area contributed by atoms with Crippen LogP contribution in [0, 0.1) is 0 Å². The Morgan fingerprint density at radius 3 is 1.78 bits per heavy atom. The molecule has 82 valence electrons. The average molecular weight is 227 g/mol. The van der Waals surface area contributed by atoms with Gasteiger partial charge in [-0.15, -0.1) is 0 Å². The summed E-state index contributed by atoms with van der Waals surface area (Å²) in [6.45, 7) is 0. The van der Waals surface area contributed by atoms with Gasteiger partial charge in [-0.3, -0.25) is 0 Å². The second-order valence-corrected chi connectivity index (χ2v) is 5.63. The van der Waals surface area contributed by atoms with Crippen molar-refractivity contribution in [1.82, 2.24) is 0 Å². The van der Waals surface area contributed by atoms with Crippen molar-refractivity contribution in [1.29, 1.82) is 0 Å². The fraction of sp³-hybridized carbons (Fsp3) is 0.538. The molecular weight excluding hydrogens is 213 g/mol. The van der Waals surface area contributed by atoms with Gasteiger partial charge in [0.25, 0.3) is 0 Å². The van der Waals surface area contributed by atoms with Gasteiger partial charge < -0.3 is 5.32 Å². The third-order valence-electron chi connectivity index (χ3n) is 4.37. The van der Waals surface area contributed by atoms with Crippen molar-refractivity contribution in [3.8, 4) is 0 Å². The maximum Gasteiger partial charge on any atom is 0.0683 e. The Kier molecular flexibility index (Phi) is 2.50. The van der Waals surface area contributed by atoms with Gasteiger partial charge in [0, 0.05) is 12.7 Å². The highest BCUT2D eigenvalue weighted by molar-refractivity contribution is 6.42. The molecule has 0 saturated heterocycles. The first-order valence-corrected chi connectivity index (χ1v) is 6.40. The smallest absolute Gasteiger partial charge is 0.0683 e. The van der Waals surface area contributed by atoms with Gasteiger partial charge in [-0.1, -0.05) is 40.5 Å². The summed E-state index contributed by atoms with van der Waals surface area (Å²) >= 11 is 0. The van der Waals surface area contributed by atoms with E-state index in [1.165, 1.54) is 11.1 Å². The Bertz CT molecular complexity index is 480. The first kappa shape index (κ1) is 12.3. The highest BCUT2D eigenvalue weighted by Crippen LogP contribution is 2.46. The van der Waals surface area contributed by atoms with Crippen LogP contribution in [0.5, 0.6) is 0 Å². The lowest BCUT2D eigenvalue weighted by atomic mass is 9.49. The van der Waals surface area contributed by atoms with Gasteiger partial charge in [0.05, 0.1) is 31.4 Å². The van der Waals surface area contributed by atoms with Crippen molar-refractivity contribution in [3.05, 3.63) is 28.3 Å². The van der Waals surface area contributed by atoms with E-state index in [1.54, 1.807) is 0 Å². The molecule has 0 fully saturated rings. The van der Waals surface area contributed by atoms with E-state index in [0.717, 1.165) is 42.5 Å². The van der Waals surface area contributed by atoms with Gasteiger partial charge in [0.15, 0.2) is 0 Å². The lowest BCUT2D eigenvalue weighted by molar-refractivity contribution is 0.797. The fourth-order valence-electron chi connectivity index (χ4n) is 3.35. The highest BCUT2D eigenvalue weighted by atomic mass is 14.8. The van der Waals surface area contributed by atoms with Crippen molar-refractivity contribution in [2.75, 3.05) is 12.4 Å². The molecule has 1 nitrogen and oxygen atoms in total. The minimum Gasteiger partial charge on any atom is -0.388 e. The van der Waals surface area contributed by atoms with Crippen LogP contribution in [0.4, 0.5) is 5.69 Å². The van der Waals surface area contributed by atoms with E-state index in [4.69, 9.17) is 31.4 Å². The van der Waals surface area contributed by atoms with Crippen LogP contribution in [-0.4, -0.2) is 38.4 Å². The second-order valence-electron chi connectivity index (χ2n) is 5.63. The minimum absolute atomic E-state index is 0.755. The van der Waals surface area contributed by atoms with Crippen LogP contribution in [0.1, 0.15) is 35.1 Å². The van der Waals surface area contributed by atoms with Gasteiger partial charge in [0.2, 0.25) is 0 Å². The number of rotatable bonds is 1. The first-order valence-electron chi connectivity index (χ1n) is 6.40. The second kappa shape index (κ2) is 3.65. The number of fused-ring (bicyclic) bond motifs is 2. The summed E-state index contributed by atoms with van der Waals surface area (Å²) in [6, 6.07) is 2.03. The summed E-state index contributed by atoms with van der Waals surface area (Å²) in [7, 11) is 26.6. The van der Waals surface area contributed by atoms with Crippen molar-refractivity contribution in [3.63, 3.8) is 0 Å². The molecule has 0 spiro atoms. The molecule has 1 N–H and O–H groups in total. The van der Waals surface area contributed by atoms with Gasteiger partial charge in [-0.2, -0.15) is 0 Å². The number of benzene rings is 1. The molecular formula is C13H13B4N. The van der Waals surface area contributed by atoms with Gasteiger partial charge in [-0.05, 0) is 24.0 Å². The highest BCUT2D eigenvalue weighted by Gasteiger charge is 2.37. The van der Waals surface area contributed by atoms with E-state index in [-0.39, 0.29) is 0 Å². The lowest BCUT2D eigenvalue weighted by Crippen LogP contribution is -2.26. The molecule has 8 radical (unpaired) electrons. The predicted octanol–water partition coefficient (Wildman–Crippen LogP) is 0.600. The van der Waals surface area contributed by atoms with Crippen LogP contribution in [0.25, 0.3) is 0 Å². The zero-order chi connectivity index (χ0) is 13.1. The van der Waals surface area contributed by atoms with Gasteiger partial charge >= 0.3 is 0 Å². The topological polar surface area (TPSA) is 12.0 Å². The maximum atomic E-state index is 6.16. The normalized spacial score (nSPS) is 22.5. The molecule has 2 aliphatic carbocycles. The molecule has 0 atom stereocenters. The molecule has 1 aromatic rings. The third kappa shape index (κ3) is 1.52. The van der Waals surface area contributed by atoms with Crippen LogP contribution < -0.4 is 5.32 Å². The molecule has 1 aromatic carbocycles. The Balaban J connectivity index is 2.29. The standard InChI is InChI=1S/C13H13B4N/c1-18-11-7-2-4-12(14,15)9(7)6-10-8(11)3-5-13(10,16)17/h6,18H,2-5H2,1H3. The molecule has 0 saturated carbocycles. The van der Waals surface area contributed by atoms with Crippen molar-refractivity contribution < 1.29 is 0 Å². The fourth-order valence-corrected chi connectivity index (χ4v) is 3.35. The number of hydrogen-bond acceptors (Lipinski definition) is 1. The van der Waals surface area contributed by atoms with Crippen LogP contribution in [0.15, 0.2) is 6.07 Å². The largest absolute Gasteiger partial charge is 0.388 e. The van der Waals surface area contributed by atoms with Crippen LogP contribution >= 0.6 is 0 Å². The van der Waals surface area contributed by atoms with Crippen LogP contribution in [-0.2, 0) is 23.3 Å². The van der Waals surface area contributed by atoms with E-state index in [9.17, 15) is 0 Å². The quantitative estimate of drug-likeness (QED) is 0.692. The first-order chi connectivity index (χ1) is 8.37. The SMILES string of the molecule is [B]C1([B])CCc2c1cc1c(c2NC)CCC1([B])[B]. The summed E-state index contributed by atoms with van der Waals surface area (Å²) < 4.78 is 0.